The Morgan fingerprint density at radius 1 is 1.23 bits per heavy atom. The molecule has 0 aliphatic heterocycles. The zero-order valence-corrected chi connectivity index (χ0v) is 7.43. The highest BCUT2D eigenvalue weighted by atomic mass is 32.1. The van der Waals surface area contributed by atoms with Gasteiger partial charge in [-0.25, -0.2) is 0 Å². The summed E-state index contributed by atoms with van der Waals surface area (Å²) in [4.78, 5) is 3.99. The second-order valence-corrected chi connectivity index (χ2v) is 2.92. The Labute approximate surface area is 79.3 Å². The zero-order chi connectivity index (χ0) is 9.26. The second-order valence-electron chi connectivity index (χ2n) is 2.53. The van der Waals surface area contributed by atoms with E-state index in [1.54, 1.807) is 18.2 Å². The van der Waals surface area contributed by atoms with Crippen LogP contribution in [0.3, 0.4) is 0 Å². The van der Waals surface area contributed by atoms with Gasteiger partial charge in [0.2, 0.25) is 4.77 Å². The van der Waals surface area contributed by atoms with Crippen LogP contribution in [-0.4, -0.2) is 20.3 Å². The van der Waals surface area contributed by atoms with Gasteiger partial charge in [0.05, 0.1) is 5.56 Å². The molecule has 0 saturated heterocycles. The molecule has 0 aliphatic carbocycles. The average molecular weight is 193 g/mol. The number of hydrogen-bond acceptors (Lipinski definition) is 3. The van der Waals surface area contributed by atoms with Crippen LogP contribution in [-0.2, 0) is 0 Å². The van der Waals surface area contributed by atoms with Crippen LogP contribution in [0.15, 0.2) is 24.3 Å². The van der Waals surface area contributed by atoms with E-state index in [0.29, 0.717) is 16.2 Å². The molecule has 1 aromatic carbocycles. The van der Waals surface area contributed by atoms with Gasteiger partial charge < -0.3 is 5.11 Å². The van der Waals surface area contributed by atoms with Crippen LogP contribution in [0.4, 0.5) is 0 Å². The van der Waals surface area contributed by atoms with Gasteiger partial charge in [0.15, 0.2) is 5.82 Å². The lowest BCUT2D eigenvalue weighted by Crippen LogP contribution is -1.80. The number of rotatable bonds is 1. The first-order valence-corrected chi connectivity index (χ1v) is 4.11. The number of H-pyrrole nitrogens is 2. The summed E-state index contributed by atoms with van der Waals surface area (Å²) in [7, 11) is 0. The number of hydrogen-bond donors (Lipinski definition) is 3. The monoisotopic (exact) mass is 193 g/mol. The predicted molar refractivity (Wildman–Crippen MR) is 50.9 cm³/mol. The Hall–Kier alpha value is -1.62. The summed E-state index contributed by atoms with van der Waals surface area (Å²) >= 11 is 4.80. The molecule has 5 heteroatoms. The van der Waals surface area contributed by atoms with Crippen molar-refractivity contribution in [3.8, 4) is 17.1 Å². The summed E-state index contributed by atoms with van der Waals surface area (Å²) in [5.74, 6) is 0.725. The number of aromatic nitrogens is 3. The fourth-order valence-corrected chi connectivity index (χ4v) is 1.21. The van der Waals surface area contributed by atoms with Gasteiger partial charge in [-0.05, 0) is 24.4 Å². The smallest absolute Gasteiger partial charge is 0.213 e. The van der Waals surface area contributed by atoms with Crippen molar-refractivity contribution in [2.75, 3.05) is 0 Å². The minimum atomic E-state index is 0.181. The molecule has 2 aromatic rings. The standard InChI is InChI=1S/C8H7N3OS/c12-6-4-2-1-3-5(6)7-9-8(13)11-10-7/h1-4,12H,(H2,9,10,11,13). The molecule has 0 saturated carbocycles. The molecular formula is C8H7N3OS. The highest BCUT2D eigenvalue weighted by Gasteiger charge is 2.04. The van der Waals surface area contributed by atoms with Crippen molar-refractivity contribution in [3.63, 3.8) is 0 Å². The number of nitrogens with zero attached hydrogens (tertiary/aromatic N) is 1. The van der Waals surface area contributed by atoms with Crippen LogP contribution < -0.4 is 0 Å². The predicted octanol–water partition coefficient (Wildman–Crippen LogP) is 1.84. The number of phenols is 1. The van der Waals surface area contributed by atoms with E-state index >= 15 is 0 Å². The lowest BCUT2D eigenvalue weighted by atomic mass is 10.2. The molecule has 0 amide bonds. The zero-order valence-electron chi connectivity index (χ0n) is 6.61. The van der Waals surface area contributed by atoms with Crippen molar-refractivity contribution < 1.29 is 5.11 Å². The number of para-hydroxylation sites is 1. The number of phenolic OH excluding ortho intramolecular Hbond substituents is 1. The molecule has 66 valence electrons. The van der Waals surface area contributed by atoms with Gasteiger partial charge in [0.1, 0.15) is 5.75 Å². The molecule has 0 unspecified atom stereocenters. The molecule has 1 aromatic heterocycles. The second kappa shape index (κ2) is 3.02. The van der Waals surface area contributed by atoms with E-state index in [1.807, 2.05) is 6.07 Å². The molecule has 0 fully saturated rings. The first-order valence-electron chi connectivity index (χ1n) is 3.70. The number of aromatic hydroxyl groups is 1. The molecule has 0 aliphatic rings. The summed E-state index contributed by atoms with van der Waals surface area (Å²) in [6.45, 7) is 0. The SMILES string of the molecule is Oc1ccccc1-c1nc(=S)[nH][nH]1. The normalized spacial score (nSPS) is 10.2. The van der Waals surface area contributed by atoms with Gasteiger partial charge in [0.25, 0.3) is 0 Å². The summed E-state index contributed by atoms with van der Waals surface area (Å²) in [6, 6.07) is 6.93. The Morgan fingerprint density at radius 3 is 2.62 bits per heavy atom. The first kappa shape index (κ1) is 8.00. The molecular weight excluding hydrogens is 186 g/mol. The van der Waals surface area contributed by atoms with E-state index in [4.69, 9.17) is 12.2 Å². The Morgan fingerprint density at radius 2 is 2.00 bits per heavy atom. The van der Waals surface area contributed by atoms with Crippen LogP contribution >= 0.6 is 12.2 Å². The van der Waals surface area contributed by atoms with E-state index in [2.05, 4.69) is 15.2 Å². The largest absolute Gasteiger partial charge is 0.507 e. The minimum absolute atomic E-state index is 0.181. The molecule has 0 spiro atoms. The first-order chi connectivity index (χ1) is 6.27. The van der Waals surface area contributed by atoms with Crippen molar-refractivity contribution in [2.45, 2.75) is 0 Å². The highest BCUT2D eigenvalue weighted by Crippen LogP contribution is 2.24. The van der Waals surface area contributed by atoms with E-state index in [-0.39, 0.29) is 5.75 Å². The van der Waals surface area contributed by atoms with Crippen LogP contribution in [0.1, 0.15) is 0 Å². The van der Waals surface area contributed by atoms with E-state index in [9.17, 15) is 5.11 Å². The van der Waals surface area contributed by atoms with Crippen LogP contribution in [0.2, 0.25) is 0 Å². The molecule has 13 heavy (non-hydrogen) atoms. The van der Waals surface area contributed by atoms with Crippen molar-refractivity contribution in [3.05, 3.63) is 29.0 Å². The Bertz CT molecular complexity index is 474. The van der Waals surface area contributed by atoms with Crippen molar-refractivity contribution in [1.29, 1.82) is 0 Å². The van der Waals surface area contributed by atoms with Gasteiger partial charge in [-0.3, -0.25) is 10.2 Å². The summed E-state index contributed by atoms with van der Waals surface area (Å²) < 4.78 is 0.373. The molecule has 4 nitrogen and oxygen atoms in total. The number of benzene rings is 1. The maximum Gasteiger partial charge on any atom is 0.213 e. The van der Waals surface area contributed by atoms with Crippen LogP contribution in [0.25, 0.3) is 11.4 Å². The minimum Gasteiger partial charge on any atom is -0.507 e. The molecule has 1 heterocycles. The molecule has 0 atom stereocenters. The summed E-state index contributed by atoms with van der Waals surface area (Å²) in [5, 5.41) is 14.9. The molecule has 2 rings (SSSR count). The Kier molecular flexibility index (Phi) is 1.86. The van der Waals surface area contributed by atoms with Gasteiger partial charge >= 0.3 is 0 Å². The third kappa shape index (κ3) is 1.46. The van der Waals surface area contributed by atoms with Crippen molar-refractivity contribution >= 4 is 12.2 Å². The third-order valence-electron chi connectivity index (χ3n) is 1.66. The lowest BCUT2D eigenvalue weighted by Gasteiger charge is -1.97. The molecule has 0 radical (unpaired) electrons. The van der Waals surface area contributed by atoms with E-state index in [1.165, 1.54) is 0 Å². The lowest BCUT2D eigenvalue weighted by molar-refractivity contribution is 0.477. The average Bonchev–Trinajstić information content (AvgIpc) is 2.53. The maximum absolute atomic E-state index is 9.47. The summed E-state index contributed by atoms with van der Waals surface area (Å²) in [6.07, 6.45) is 0. The molecule has 3 N–H and O–H groups in total. The van der Waals surface area contributed by atoms with Gasteiger partial charge in [-0.1, -0.05) is 12.1 Å². The van der Waals surface area contributed by atoms with Crippen molar-refractivity contribution in [2.24, 2.45) is 0 Å². The number of aromatic amines is 2. The van der Waals surface area contributed by atoms with Gasteiger partial charge in [-0.15, -0.1) is 0 Å². The van der Waals surface area contributed by atoms with Crippen molar-refractivity contribution in [1.82, 2.24) is 15.2 Å². The Balaban J connectivity index is 2.58. The van der Waals surface area contributed by atoms with Crippen LogP contribution in [0, 0.1) is 4.77 Å². The van der Waals surface area contributed by atoms with E-state index in [0.717, 1.165) is 0 Å². The van der Waals surface area contributed by atoms with Gasteiger partial charge in [-0.2, -0.15) is 4.98 Å². The van der Waals surface area contributed by atoms with E-state index < -0.39 is 0 Å². The van der Waals surface area contributed by atoms with Crippen LogP contribution in [0.5, 0.6) is 5.75 Å². The topological polar surface area (TPSA) is 64.7 Å². The number of nitrogens with one attached hydrogen (secondary N) is 2. The molecule has 0 bridgehead atoms. The highest BCUT2D eigenvalue weighted by molar-refractivity contribution is 7.71. The van der Waals surface area contributed by atoms with Gasteiger partial charge in [0, 0.05) is 0 Å². The third-order valence-corrected chi connectivity index (χ3v) is 1.85. The fraction of sp³-hybridized carbons (Fsp3) is 0. The fourth-order valence-electron chi connectivity index (χ4n) is 1.07. The maximum atomic E-state index is 9.47. The summed E-state index contributed by atoms with van der Waals surface area (Å²) in [5.41, 5.74) is 0.634. The quantitative estimate of drug-likeness (QED) is 0.605.